The van der Waals surface area contributed by atoms with Crippen LogP contribution < -0.4 is 5.32 Å². The number of thiazole rings is 1. The van der Waals surface area contributed by atoms with E-state index in [9.17, 15) is 18.0 Å². The molecular formula is C17H17F3N4O4S. The maximum atomic E-state index is 10.9. The number of aromatic nitrogens is 3. The number of aromatic carboxylic acids is 1. The molecule has 0 amide bonds. The molecule has 0 saturated carbocycles. The Bertz CT molecular complexity index is 1020. The van der Waals surface area contributed by atoms with Crippen LogP contribution in [0.1, 0.15) is 39.7 Å². The average molecular weight is 430 g/mol. The third-order valence-electron chi connectivity index (χ3n) is 3.75. The lowest BCUT2D eigenvalue weighted by Gasteiger charge is -2.11. The molecule has 3 N–H and O–H groups in total. The smallest absolute Gasteiger partial charge is 0.476 e. The number of carbonyl (C=O) groups is 2. The lowest BCUT2D eigenvalue weighted by molar-refractivity contribution is -0.192. The molecule has 0 bridgehead atoms. The molecule has 3 rings (SSSR count). The van der Waals surface area contributed by atoms with E-state index in [0.717, 1.165) is 21.9 Å². The van der Waals surface area contributed by atoms with E-state index < -0.39 is 18.1 Å². The number of carboxylic acids is 2. The number of nitrogens with zero attached hydrogens (tertiary/aromatic N) is 3. The zero-order valence-electron chi connectivity index (χ0n) is 15.3. The minimum absolute atomic E-state index is 0.0199. The number of hydrogen-bond donors (Lipinski definition) is 3. The minimum Gasteiger partial charge on any atom is -0.476 e. The topological polar surface area (TPSA) is 117 Å². The fourth-order valence-electron chi connectivity index (χ4n) is 2.26. The molecule has 3 aromatic rings. The molecule has 0 radical (unpaired) electrons. The summed E-state index contributed by atoms with van der Waals surface area (Å²) in [4.78, 5) is 28.3. The standard InChI is InChI=1S/C15H16N4O2S.C2HF3O2/c1-9-4-3-5-19-11(7-17-13(9)19)6-16-10(2)14-18-12(8-22-14)15(20)21;3-2(4,5)1(6)7/h3-5,7-8,10,16H,6H2,1-2H3,(H,20,21);(H,6,7). The van der Waals surface area contributed by atoms with E-state index in [4.69, 9.17) is 15.0 Å². The van der Waals surface area contributed by atoms with Gasteiger partial charge < -0.3 is 19.9 Å². The Morgan fingerprint density at radius 2 is 2.00 bits per heavy atom. The summed E-state index contributed by atoms with van der Waals surface area (Å²) >= 11 is 1.35. The molecule has 29 heavy (non-hydrogen) atoms. The summed E-state index contributed by atoms with van der Waals surface area (Å²) in [5.41, 5.74) is 3.24. The normalized spacial score (nSPS) is 12.3. The van der Waals surface area contributed by atoms with Gasteiger partial charge in [0.2, 0.25) is 0 Å². The van der Waals surface area contributed by atoms with E-state index in [1.807, 2.05) is 38.4 Å². The molecular weight excluding hydrogens is 413 g/mol. The van der Waals surface area contributed by atoms with E-state index in [1.54, 1.807) is 5.38 Å². The van der Waals surface area contributed by atoms with Crippen molar-refractivity contribution in [1.29, 1.82) is 0 Å². The number of halogens is 3. The van der Waals surface area contributed by atoms with Crippen LogP contribution in [-0.4, -0.2) is 42.7 Å². The maximum absolute atomic E-state index is 10.9. The number of pyridine rings is 1. The molecule has 0 aromatic carbocycles. The van der Waals surface area contributed by atoms with Crippen molar-refractivity contribution in [3.63, 3.8) is 0 Å². The van der Waals surface area contributed by atoms with Crippen molar-refractivity contribution in [2.75, 3.05) is 0 Å². The number of aryl methyl sites for hydroxylation is 1. The quantitative estimate of drug-likeness (QED) is 0.569. The molecule has 0 aliphatic carbocycles. The second kappa shape index (κ2) is 9.01. The van der Waals surface area contributed by atoms with Gasteiger partial charge in [-0.3, -0.25) is 0 Å². The van der Waals surface area contributed by atoms with Gasteiger partial charge in [0.25, 0.3) is 0 Å². The molecule has 0 aliphatic rings. The van der Waals surface area contributed by atoms with Crippen LogP contribution >= 0.6 is 11.3 Å². The fourth-order valence-corrected chi connectivity index (χ4v) is 3.09. The maximum Gasteiger partial charge on any atom is 0.490 e. The van der Waals surface area contributed by atoms with Crippen molar-refractivity contribution in [1.82, 2.24) is 19.7 Å². The summed E-state index contributed by atoms with van der Waals surface area (Å²) in [7, 11) is 0. The van der Waals surface area contributed by atoms with Gasteiger partial charge in [-0.15, -0.1) is 11.3 Å². The third-order valence-corrected chi connectivity index (χ3v) is 4.78. The lowest BCUT2D eigenvalue weighted by Crippen LogP contribution is -2.21. The van der Waals surface area contributed by atoms with Crippen molar-refractivity contribution in [3.05, 3.63) is 51.9 Å². The van der Waals surface area contributed by atoms with E-state index in [1.165, 1.54) is 11.3 Å². The van der Waals surface area contributed by atoms with Gasteiger partial charge in [0.1, 0.15) is 10.7 Å². The van der Waals surface area contributed by atoms with Gasteiger partial charge in [0.05, 0.1) is 17.9 Å². The second-order valence-corrected chi connectivity index (χ2v) is 6.81. The van der Waals surface area contributed by atoms with Gasteiger partial charge >= 0.3 is 18.1 Å². The highest BCUT2D eigenvalue weighted by atomic mass is 32.1. The molecule has 3 heterocycles. The van der Waals surface area contributed by atoms with Crippen molar-refractivity contribution < 1.29 is 33.0 Å². The third kappa shape index (κ3) is 5.74. The van der Waals surface area contributed by atoms with E-state index in [0.29, 0.717) is 6.54 Å². The number of alkyl halides is 3. The summed E-state index contributed by atoms with van der Waals surface area (Å²) in [6, 6.07) is 4.01. The highest BCUT2D eigenvalue weighted by Crippen LogP contribution is 2.19. The van der Waals surface area contributed by atoms with Gasteiger partial charge in [-0.1, -0.05) is 6.07 Å². The Morgan fingerprint density at radius 1 is 1.34 bits per heavy atom. The summed E-state index contributed by atoms with van der Waals surface area (Å²) < 4.78 is 33.8. The van der Waals surface area contributed by atoms with Gasteiger partial charge in [-0.25, -0.2) is 19.6 Å². The van der Waals surface area contributed by atoms with Crippen molar-refractivity contribution in [2.45, 2.75) is 32.6 Å². The first kappa shape index (κ1) is 22.3. The van der Waals surface area contributed by atoms with Crippen LogP contribution in [-0.2, 0) is 11.3 Å². The average Bonchev–Trinajstić information content (AvgIpc) is 3.28. The molecule has 3 aromatic heterocycles. The Balaban J connectivity index is 0.000000370. The van der Waals surface area contributed by atoms with Crippen LogP contribution in [0.5, 0.6) is 0 Å². The lowest BCUT2D eigenvalue weighted by atomic mass is 10.3. The monoisotopic (exact) mass is 430 g/mol. The van der Waals surface area contributed by atoms with Crippen LogP contribution in [0.4, 0.5) is 13.2 Å². The number of fused-ring (bicyclic) bond motifs is 1. The Morgan fingerprint density at radius 3 is 2.55 bits per heavy atom. The Labute approximate surface area is 166 Å². The number of hydrogen-bond acceptors (Lipinski definition) is 6. The molecule has 1 unspecified atom stereocenters. The first-order valence-electron chi connectivity index (χ1n) is 8.14. The zero-order chi connectivity index (χ0) is 21.8. The summed E-state index contributed by atoms with van der Waals surface area (Å²) in [5, 5.41) is 21.7. The summed E-state index contributed by atoms with van der Waals surface area (Å²) in [5.74, 6) is -3.75. The van der Waals surface area contributed by atoms with Crippen molar-refractivity contribution in [2.24, 2.45) is 0 Å². The van der Waals surface area contributed by atoms with E-state index in [2.05, 4.69) is 19.7 Å². The highest BCUT2D eigenvalue weighted by Gasteiger charge is 2.38. The van der Waals surface area contributed by atoms with Crippen LogP contribution in [0.2, 0.25) is 0 Å². The summed E-state index contributed by atoms with van der Waals surface area (Å²) in [6.45, 7) is 4.64. The molecule has 1 atom stereocenters. The Hall–Kier alpha value is -2.99. The highest BCUT2D eigenvalue weighted by molar-refractivity contribution is 7.09. The number of nitrogens with one attached hydrogen (secondary N) is 1. The van der Waals surface area contributed by atoms with Gasteiger partial charge in [0, 0.05) is 18.1 Å². The number of rotatable bonds is 5. The van der Waals surface area contributed by atoms with Crippen LogP contribution in [0, 0.1) is 6.92 Å². The van der Waals surface area contributed by atoms with Gasteiger partial charge in [0.15, 0.2) is 5.69 Å². The molecule has 0 fully saturated rings. The number of imidazole rings is 1. The number of aliphatic carboxylic acids is 1. The predicted octanol–water partition coefficient (Wildman–Crippen LogP) is 3.28. The minimum atomic E-state index is -5.08. The molecule has 0 saturated heterocycles. The first-order valence-corrected chi connectivity index (χ1v) is 9.02. The van der Waals surface area contributed by atoms with Gasteiger partial charge in [-0.05, 0) is 25.5 Å². The van der Waals surface area contributed by atoms with E-state index in [-0.39, 0.29) is 11.7 Å². The molecule has 156 valence electrons. The largest absolute Gasteiger partial charge is 0.490 e. The zero-order valence-corrected chi connectivity index (χ0v) is 16.1. The van der Waals surface area contributed by atoms with Crippen molar-refractivity contribution >= 4 is 28.9 Å². The predicted molar refractivity (Wildman–Crippen MR) is 97.9 cm³/mol. The second-order valence-electron chi connectivity index (χ2n) is 5.92. The van der Waals surface area contributed by atoms with E-state index >= 15 is 0 Å². The molecule has 0 spiro atoms. The van der Waals surface area contributed by atoms with Crippen LogP contribution in [0.3, 0.4) is 0 Å². The van der Waals surface area contributed by atoms with Crippen LogP contribution in [0.25, 0.3) is 5.65 Å². The first-order chi connectivity index (χ1) is 13.5. The van der Waals surface area contributed by atoms with Crippen molar-refractivity contribution in [3.8, 4) is 0 Å². The number of carboxylic acid groups (broad SMARTS) is 2. The Kier molecular flexibility index (Phi) is 6.93. The summed E-state index contributed by atoms with van der Waals surface area (Å²) in [6.07, 6.45) is -1.24. The van der Waals surface area contributed by atoms with Crippen LogP contribution in [0.15, 0.2) is 29.9 Å². The molecule has 0 aliphatic heterocycles. The SMILES string of the molecule is Cc1cccn2c(CNC(C)c3nc(C(=O)O)cs3)cnc12.O=C(O)C(F)(F)F. The van der Waals surface area contributed by atoms with Gasteiger partial charge in [-0.2, -0.15) is 13.2 Å². The fraction of sp³-hybridized carbons (Fsp3) is 0.294. The molecule has 8 nitrogen and oxygen atoms in total. The molecule has 12 heteroatoms.